The molecule has 0 fully saturated rings. The van der Waals surface area contributed by atoms with Gasteiger partial charge in [0.25, 0.3) is 0 Å². The molecule has 0 aromatic heterocycles. The largest absolute Gasteiger partial charge is 0.606 e. The number of ether oxygens (including phenoxy) is 1. The first kappa shape index (κ1) is 15.0. The van der Waals surface area contributed by atoms with Gasteiger partial charge < -0.3 is 14.4 Å². The van der Waals surface area contributed by atoms with Crippen LogP contribution in [0.4, 0.5) is 0 Å². The number of hydrogen-bond donors (Lipinski definition) is 1. The first-order chi connectivity index (χ1) is 9.06. The Bertz CT molecular complexity index is 495. The summed E-state index contributed by atoms with van der Waals surface area (Å²) < 4.78 is 16.7. The molecule has 1 aromatic carbocycles. The van der Waals surface area contributed by atoms with Crippen molar-refractivity contribution in [2.75, 3.05) is 6.61 Å². The molecule has 6 heteroatoms. The van der Waals surface area contributed by atoms with E-state index >= 15 is 0 Å². The SMILES string of the molecule is C=CCOC(=O)/C=C(\C(=O)O)[S+]([O-])c1ccccc1. The van der Waals surface area contributed by atoms with E-state index in [9.17, 15) is 14.1 Å². The summed E-state index contributed by atoms with van der Waals surface area (Å²) in [5.41, 5.74) is 0. The van der Waals surface area contributed by atoms with Crippen LogP contribution in [0.3, 0.4) is 0 Å². The maximum Gasteiger partial charge on any atom is 0.385 e. The van der Waals surface area contributed by atoms with Gasteiger partial charge in [-0.05, 0) is 12.1 Å². The number of carboxylic acid groups (broad SMARTS) is 1. The van der Waals surface area contributed by atoms with E-state index in [4.69, 9.17) is 5.11 Å². The van der Waals surface area contributed by atoms with Crippen molar-refractivity contribution in [3.05, 3.63) is 54.0 Å². The Morgan fingerprint density at radius 1 is 1.37 bits per heavy atom. The number of esters is 1. The molecule has 0 saturated carbocycles. The third-order valence-corrected chi connectivity index (χ3v) is 3.35. The quantitative estimate of drug-likeness (QED) is 0.369. The molecule has 1 rings (SSSR count). The van der Waals surface area contributed by atoms with Gasteiger partial charge in [0.2, 0.25) is 4.91 Å². The number of carbonyl (C=O) groups is 2. The summed E-state index contributed by atoms with van der Waals surface area (Å²) >= 11 is -1.94. The van der Waals surface area contributed by atoms with Crippen LogP contribution in [0, 0.1) is 0 Å². The van der Waals surface area contributed by atoms with Crippen LogP contribution in [-0.4, -0.2) is 28.2 Å². The Morgan fingerprint density at radius 3 is 2.53 bits per heavy atom. The molecule has 100 valence electrons. The van der Waals surface area contributed by atoms with Crippen LogP contribution in [0.1, 0.15) is 0 Å². The molecule has 0 aliphatic heterocycles. The average molecular weight is 280 g/mol. The van der Waals surface area contributed by atoms with Crippen molar-refractivity contribution in [2.45, 2.75) is 4.90 Å². The highest BCUT2D eigenvalue weighted by Gasteiger charge is 2.26. The van der Waals surface area contributed by atoms with Crippen LogP contribution < -0.4 is 0 Å². The molecule has 0 bridgehead atoms. The van der Waals surface area contributed by atoms with E-state index < -0.39 is 28.0 Å². The molecule has 1 atom stereocenters. The number of hydrogen-bond acceptors (Lipinski definition) is 4. The number of carbonyl (C=O) groups excluding carboxylic acids is 1. The van der Waals surface area contributed by atoms with E-state index in [0.717, 1.165) is 6.08 Å². The third-order valence-electron chi connectivity index (χ3n) is 1.96. The lowest BCUT2D eigenvalue weighted by Crippen LogP contribution is -2.16. The van der Waals surface area contributed by atoms with Crippen molar-refractivity contribution in [3.63, 3.8) is 0 Å². The van der Waals surface area contributed by atoms with E-state index in [1.807, 2.05) is 0 Å². The summed E-state index contributed by atoms with van der Waals surface area (Å²) in [7, 11) is 0. The fourth-order valence-electron chi connectivity index (χ4n) is 1.16. The second kappa shape index (κ2) is 7.40. The zero-order valence-electron chi connectivity index (χ0n) is 9.94. The van der Waals surface area contributed by atoms with E-state index in [1.54, 1.807) is 18.2 Å². The highest BCUT2D eigenvalue weighted by atomic mass is 32.2. The zero-order chi connectivity index (χ0) is 14.3. The summed E-state index contributed by atoms with van der Waals surface area (Å²) in [4.78, 5) is 22.1. The zero-order valence-corrected chi connectivity index (χ0v) is 10.8. The fourth-order valence-corrected chi connectivity index (χ4v) is 2.18. The third kappa shape index (κ3) is 4.61. The molecule has 19 heavy (non-hydrogen) atoms. The summed E-state index contributed by atoms with van der Waals surface area (Å²) in [6, 6.07) is 8.00. The molecule has 0 saturated heterocycles. The van der Waals surface area contributed by atoms with Gasteiger partial charge in [-0.1, -0.05) is 30.9 Å². The topological polar surface area (TPSA) is 86.7 Å². The Kier molecular flexibility index (Phi) is 5.84. The normalized spacial score (nSPS) is 12.6. The summed E-state index contributed by atoms with van der Waals surface area (Å²) in [6.07, 6.45) is 2.06. The van der Waals surface area contributed by atoms with Crippen molar-refractivity contribution in [1.29, 1.82) is 0 Å². The molecule has 0 spiro atoms. The number of carboxylic acids is 1. The van der Waals surface area contributed by atoms with Gasteiger partial charge >= 0.3 is 11.9 Å². The van der Waals surface area contributed by atoms with Crippen LogP contribution in [-0.2, 0) is 25.5 Å². The van der Waals surface area contributed by atoms with Crippen LogP contribution in [0.2, 0.25) is 0 Å². The van der Waals surface area contributed by atoms with Crippen molar-refractivity contribution in [1.82, 2.24) is 0 Å². The van der Waals surface area contributed by atoms with Crippen LogP contribution in [0.25, 0.3) is 0 Å². The van der Waals surface area contributed by atoms with Crippen molar-refractivity contribution in [3.8, 4) is 0 Å². The summed E-state index contributed by atoms with van der Waals surface area (Å²) in [5.74, 6) is -2.31. The minimum Gasteiger partial charge on any atom is -0.606 e. The van der Waals surface area contributed by atoms with Gasteiger partial charge in [-0.2, -0.15) is 0 Å². The lowest BCUT2D eigenvalue weighted by atomic mass is 10.4. The second-order valence-corrected chi connectivity index (χ2v) is 4.76. The van der Waals surface area contributed by atoms with Gasteiger partial charge in [-0.3, -0.25) is 0 Å². The Labute approximate surface area is 113 Å². The fraction of sp³-hybridized carbons (Fsp3) is 0.0769. The standard InChI is InChI=1S/C13H12O5S/c1-2-8-18-12(14)9-11(13(15)16)19(17)10-6-4-3-5-7-10/h2-7,9H,1,8H2,(H,15,16)/b11-9+. The second-order valence-electron chi connectivity index (χ2n) is 3.31. The molecular formula is C13H12O5S. The van der Waals surface area contributed by atoms with Gasteiger partial charge in [0, 0.05) is 11.2 Å². The predicted molar refractivity (Wildman–Crippen MR) is 69.7 cm³/mol. The smallest absolute Gasteiger partial charge is 0.385 e. The molecule has 0 amide bonds. The van der Waals surface area contributed by atoms with Crippen LogP contribution >= 0.6 is 0 Å². The molecule has 0 radical (unpaired) electrons. The van der Waals surface area contributed by atoms with Gasteiger partial charge in [0.1, 0.15) is 6.61 Å². The van der Waals surface area contributed by atoms with E-state index in [0.29, 0.717) is 4.90 Å². The van der Waals surface area contributed by atoms with Gasteiger partial charge in [-0.15, -0.1) is 0 Å². The van der Waals surface area contributed by atoms with Gasteiger partial charge in [0.15, 0.2) is 4.90 Å². The molecular weight excluding hydrogens is 268 g/mol. The Morgan fingerprint density at radius 2 is 2.00 bits per heavy atom. The first-order valence-corrected chi connectivity index (χ1v) is 6.40. The Hall–Kier alpha value is -2.05. The molecule has 5 nitrogen and oxygen atoms in total. The van der Waals surface area contributed by atoms with Crippen molar-refractivity contribution in [2.24, 2.45) is 0 Å². The van der Waals surface area contributed by atoms with Gasteiger partial charge in [0.05, 0.1) is 6.08 Å². The summed E-state index contributed by atoms with van der Waals surface area (Å²) in [5, 5.41) is 8.99. The molecule has 0 aliphatic rings. The van der Waals surface area contributed by atoms with Crippen LogP contribution in [0.15, 0.2) is 58.9 Å². The molecule has 0 heterocycles. The molecule has 0 aliphatic carbocycles. The molecule has 1 unspecified atom stereocenters. The maximum absolute atomic E-state index is 12.0. The number of benzene rings is 1. The lowest BCUT2D eigenvalue weighted by Gasteiger charge is -2.09. The first-order valence-electron chi connectivity index (χ1n) is 5.25. The maximum atomic E-state index is 12.0. The summed E-state index contributed by atoms with van der Waals surface area (Å²) in [6.45, 7) is 3.31. The average Bonchev–Trinajstić information content (AvgIpc) is 2.42. The predicted octanol–water partition coefficient (Wildman–Crippen LogP) is 1.49. The molecule has 1 N–H and O–H groups in total. The van der Waals surface area contributed by atoms with E-state index in [1.165, 1.54) is 18.2 Å². The minimum absolute atomic E-state index is 0.0415. The van der Waals surface area contributed by atoms with Crippen LogP contribution in [0.5, 0.6) is 0 Å². The number of rotatable bonds is 6. The molecule has 1 aromatic rings. The van der Waals surface area contributed by atoms with E-state index in [2.05, 4.69) is 11.3 Å². The van der Waals surface area contributed by atoms with E-state index in [-0.39, 0.29) is 6.61 Å². The van der Waals surface area contributed by atoms with Crippen molar-refractivity contribution >= 4 is 23.1 Å². The number of aliphatic carboxylic acids is 1. The van der Waals surface area contributed by atoms with Gasteiger partial charge in [-0.25, -0.2) is 9.59 Å². The van der Waals surface area contributed by atoms with Crippen molar-refractivity contribution < 1.29 is 24.0 Å². The monoisotopic (exact) mass is 280 g/mol. The highest BCUT2D eigenvalue weighted by molar-refractivity contribution is 7.96. The minimum atomic E-state index is -1.94. The Balaban J connectivity index is 2.95. The highest BCUT2D eigenvalue weighted by Crippen LogP contribution is 2.19. The lowest BCUT2D eigenvalue weighted by molar-refractivity contribution is -0.137.